The molecule has 31 heavy (non-hydrogen) atoms. The SMILES string of the molecule is Cc1ccc(-c2c(Cl)nc(-c3ncccn3)nc2NS(=O)(=O)C=Cc2cccs2)cc1. The minimum atomic E-state index is -3.88. The molecule has 7 nitrogen and oxygen atoms in total. The fourth-order valence-corrected chi connectivity index (χ4v) is 4.50. The van der Waals surface area contributed by atoms with Crippen molar-refractivity contribution in [1.29, 1.82) is 0 Å². The fraction of sp³-hybridized carbons (Fsp3) is 0.0476. The van der Waals surface area contributed by atoms with Crippen LogP contribution in [0.4, 0.5) is 5.82 Å². The second-order valence-electron chi connectivity index (χ2n) is 6.47. The maximum absolute atomic E-state index is 12.8. The first-order valence-electron chi connectivity index (χ1n) is 9.08. The zero-order chi connectivity index (χ0) is 21.8. The molecule has 3 aromatic heterocycles. The molecule has 0 unspecified atom stereocenters. The van der Waals surface area contributed by atoms with Crippen molar-refractivity contribution in [1.82, 2.24) is 19.9 Å². The summed E-state index contributed by atoms with van der Waals surface area (Å²) in [4.78, 5) is 17.8. The second-order valence-corrected chi connectivity index (χ2v) is 9.37. The highest BCUT2D eigenvalue weighted by molar-refractivity contribution is 7.95. The van der Waals surface area contributed by atoms with Gasteiger partial charge in [-0.1, -0.05) is 47.5 Å². The van der Waals surface area contributed by atoms with Gasteiger partial charge in [-0.2, -0.15) is 0 Å². The molecule has 0 amide bonds. The van der Waals surface area contributed by atoms with Gasteiger partial charge in [-0.25, -0.2) is 28.4 Å². The molecule has 10 heteroatoms. The van der Waals surface area contributed by atoms with Crippen LogP contribution in [0.25, 0.3) is 28.9 Å². The zero-order valence-corrected chi connectivity index (χ0v) is 18.6. The summed E-state index contributed by atoms with van der Waals surface area (Å²) in [6.07, 6.45) is 4.60. The predicted octanol–water partition coefficient (Wildman–Crippen LogP) is 5.04. The van der Waals surface area contributed by atoms with Crippen molar-refractivity contribution >= 4 is 44.9 Å². The lowest BCUT2D eigenvalue weighted by molar-refractivity contribution is 0.609. The summed E-state index contributed by atoms with van der Waals surface area (Å²) < 4.78 is 28.0. The summed E-state index contributed by atoms with van der Waals surface area (Å²) in [6, 6.07) is 12.8. The highest BCUT2D eigenvalue weighted by Crippen LogP contribution is 2.35. The number of sulfonamides is 1. The number of anilines is 1. The standard InChI is InChI=1S/C21H16ClN5O2S2/c1-14-5-7-15(8-6-14)17-18(22)25-21(20-23-10-3-11-24-20)26-19(17)27-31(28,29)13-9-16-4-2-12-30-16/h2-13H,1H3,(H,25,26,27). The first kappa shape index (κ1) is 21.1. The Hall–Kier alpha value is -3.14. The summed E-state index contributed by atoms with van der Waals surface area (Å²) in [5.41, 5.74) is 2.10. The Labute approximate surface area is 188 Å². The van der Waals surface area contributed by atoms with E-state index in [1.54, 1.807) is 18.5 Å². The molecule has 4 aromatic rings. The monoisotopic (exact) mass is 469 g/mol. The van der Waals surface area contributed by atoms with E-state index in [2.05, 4.69) is 24.7 Å². The Bertz CT molecular complexity index is 1320. The van der Waals surface area contributed by atoms with Crippen LogP contribution < -0.4 is 4.72 Å². The number of aromatic nitrogens is 4. The van der Waals surface area contributed by atoms with Crippen LogP contribution in [0.5, 0.6) is 0 Å². The third-order valence-electron chi connectivity index (χ3n) is 4.16. The predicted molar refractivity (Wildman–Crippen MR) is 124 cm³/mol. The molecule has 1 aromatic carbocycles. The van der Waals surface area contributed by atoms with Gasteiger partial charge in [-0.3, -0.25) is 4.72 Å². The molecule has 156 valence electrons. The minimum absolute atomic E-state index is 0.0436. The zero-order valence-electron chi connectivity index (χ0n) is 16.2. The van der Waals surface area contributed by atoms with Crippen molar-refractivity contribution < 1.29 is 8.42 Å². The third kappa shape index (κ3) is 5.13. The highest BCUT2D eigenvalue weighted by Gasteiger charge is 2.20. The molecule has 1 N–H and O–H groups in total. The normalized spacial score (nSPS) is 11.7. The maximum atomic E-state index is 12.8. The Morgan fingerprint density at radius 1 is 1.00 bits per heavy atom. The van der Waals surface area contributed by atoms with Crippen molar-refractivity contribution in [2.75, 3.05) is 4.72 Å². The van der Waals surface area contributed by atoms with E-state index < -0.39 is 10.0 Å². The summed E-state index contributed by atoms with van der Waals surface area (Å²) in [6.45, 7) is 1.96. The Morgan fingerprint density at radius 2 is 1.74 bits per heavy atom. The van der Waals surface area contributed by atoms with Gasteiger partial charge in [0.25, 0.3) is 10.0 Å². The number of thiophene rings is 1. The maximum Gasteiger partial charge on any atom is 0.256 e. The molecular formula is C21H16ClN5O2S2. The Kier molecular flexibility index (Phi) is 6.08. The van der Waals surface area contributed by atoms with Gasteiger partial charge in [0, 0.05) is 17.3 Å². The highest BCUT2D eigenvalue weighted by atomic mass is 35.5. The summed E-state index contributed by atoms with van der Waals surface area (Å²) in [7, 11) is -3.88. The molecule has 0 saturated carbocycles. The lowest BCUT2D eigenvalue weighted by atomic mass is 10.1. The molecule has 0 radical (unpaired) electrons. The van der Waals surface area contributed by atoms with Crippen LogP contribution in [0.1, 0.15) is 10.4 Å². The van der Waals surface area contributed by atoms with Gasteiger partial charge in [0.2, 0.25) is 5.82 Å². The van der Waals surface area contributed by atoms with E-state index in [-0.39, 0.29) is 22.6 Å². The number of halogens is 1. The number of nitrogens with one attached hydrogen (secondary N) is 1. The van der Waals surface area contributed by atoms with Crippen LogP contribution >= 0.6 is 22.9 Å². The Balaban J connectivity index is 1.81. The van der Waals surface area contributed by atoms with Crippen LogP contribution in [0.15, 0.2) is 65.6 Å². The fourth-order valence-electron chi connectivity index (χ4n) is 2.71. The lowest BCUT2D eigenvalue weighted by Crippen LogP contribution is -2.13. The van der Waals surface area contributed by atoms with Crippen LogP contribution in [-0.4, -0.2) is 28.4 Å². The van der Waals surface area contributed by atoms with Crippen LogP contribution in [0.3, 0.4) is 0 Å². The molecule has 0 aliphatic carbocycles. The second kappa shape index (κ2) is 8.93. The number of hydrogen-bond donors (Lipinski definition) is 1. The first-order valence-corrected chi connectivity index (χ1v) is 11.9. The van der Waals surface area contributed by atoms with E-state index in [4.69, 9.17) is 11.6 Å². The molecular weight excluding hydrogens is 454 g/mol. The molecule has 0 spiro atoms. The molecule has 0 saturated heterocycles. The van der Waals surface area contributed by atoms with Crippen molar-refractivity contribution in [3.63, 3.8) is 0 Å². The van der Waals surface area contributed by atoms with Crippen molar-refractivity contribution in [3.8, 4) is 22.8 Å². The number of rotatable bonds is 6. The van der Waals surface area contributed by atoms with E-state index in [9.17, 15) is 8.42 Å². The van der Waals surface area contributed by atoms with Crippen LogP contribution in [0.2, 0.25) is 5.15 Å². The van der Waals surface area contributed by atoms with E-state index in [1.165, 1.54) is 17.4 Å². The van der Waals surface area contributed by atoms with E-state index >= 15 is 0 Å². The average molecular weight is 470 g/mol. The van der Waals surface area contributed by atoms with Gasteiger partial charge in [0.15, 0.2) is 11.6 Å². The van der Waals surface area contributed by atoms with Gasteiger partial charge in [0.05, 0.1) is 11.0 Å². The molecule has 0 bridgehead atoms. The molecule has 3 heterocycles. The first-order chi connectivity index (χ1) is 14.9. The molecule has 4 rings (SSSR count). The van der Waals surface area contributed by atoms with Crippen molar-refractivity contribution in [3.05, 3.63) is 81.2 Å². The van der Waals surface area contributed by atoms with E-state index in [0.717, 1.165) is 15.8 Å². The van der Waals surface area contributed by atoms with Gasteiger partial charge in [-0.15, -0.1) is 11.3 Å². The van der Waals surface area contributed by atoms with Crippen molar-refractivity contribution in [2.45, 2.75) is 6.92 Å². The molecule has 0 fully saturated rings. The van der Waals surface area contributed by atoms with Gasteiger partial charge < -0.3 is 0 Å². The average Bonchev–Trinajstić information content (AvgIpc) is 3.27. The number of hydrogen-bond acceptors (Lipinski definition) is 7. The molecule has 0 aliphatic heterocycles. The summed E-state index contributed by atoms with van der Waals surface area (Å²) in [5.74, 6) is 0.387. The molecule has 0 aliphatic rings. The summed E-state index contributed by atoms with van der Waals surface area (Å²) in [5, 5.41) is 3.04. The minimum Gasteiger partial charge on any atom is -0.263 e. The summed E-state index contributed by atoms with van der Waals surface area (Å²) >= 11 is 7.92. The smallest absolute Gasteiger partial charge is 0.256 e. The van der Waals surface area contributed by atoms with Crippen LogP contribution in [-0.2, 0) is 10.0 Å². The van der Waals surface area contributed by atoms with Gasteiger partial charge >= 0.3 is 0 Å². The number of nitrogens with zero attached hydrogens (tertiary/aromatic N) is 4. The largest absolute Gasteiger partial charge is 0.263 e. The van der Waals surface area contributed by atoms with E-state index in [1.807, 2.05) is 48.7 Å². The third-order valence-corrected chi connectivity index (χ3v) is 6.25. The number of benzene rings is 1. The Morgan fingerprint density at radius 3 is 2.42 bits per heavy atom. The molecule has 0 atom stereocenters. The van der Waals surface area contributed by atoms with Crippen molar-refractivity contribution in [2.24, 2.45) is 0 Å². The number of aryl methyl sites for hydroxylation is 1. The van der Waals surface area contributed by atoms with Gasteiger partial charge in [0.1, 0.15) is 5.15 Å². The van der Waals surface area contributed by atoms with E-state index in [0.29, 0.717) is 11.1 Å². The lowest BCUT2D eigenvalue weighted by Gasteiger charge is -2.13. The topological polar surface area (TPSA) is 97.7 Å². The quantitative estimate of drug-likeness (QED) is 0.397. The van der Waals surface area contributed by atoms with Crippen LogP contribution in [0, 0.1) is 6.92 Å². The van der Waals surface area contributed by atoms with Gasteiger partial charge in [-0.05, 0) is 36.1 Å².